The standard InChI is InChI=1S/C19H20IN3O4S/c1-3-23-17(24)16(28-18(23)15(11-21)19(25)26-4-2)12-22-13-5-7-14(8-6-13)27-10-9-20/h5-8,12,22H,3-4,9-10H2,1-2H3/b16-12-,18-15-. The molecular weight excluding hydrogens is 493 g/mol. The number of carbonyl (C=O) groups is 1. The fraction of sp³-hybridized carbons (Fsp3) is 0.316. The second-order valence-corrected chi connectivity index (χ2v) is 7.49. The average molecular weight is 513 g/mol. The van der Waals surface area contributed by atoms with Gasteiger partial charge < -0.3 is 14.8 Å². The first kappa shape index (κ1) is 22.0. The lowest BCUT2D eigenvalue weighted by Gasteiger charge is -2.05. The highest BCUT2D eigenvalue weighted by atomic mass is 127. The van der Waals surface area contributed by atoms with Crippen LogP contribution in [0.2, 0.25) is 0 Å². The molecule has 1 N–H and O–H groups in total. The quantitative estimate of drug-likeness (QED) is 0.329. The monoisotopic (exact) mass is 513 g/mol. The van der Waals surface area contributed by atoms with E-state index in [9.17, 15) is 14.9 Å². The van der Waals surface area contributed by atoms with Crippen LogP contribution in [0.25, 0.3) is 11.8 Å². The Bertz CT molecular complexity index is 1040. The first-order valence-corrected chi connectivity index (χ1v) is 11.0. The van der Waals surface area contributed by atoms with Gasteiger partial charge >= 0.3 is 5.97 Å². The van der Waals surface area contributed by atoms with E-state index in [4.69, 9.17) is 9.47 Å². The van der Waals surface area contributed by atoms with E-state index in [1.807, 2.05) is 30.3 Å². The van der Waals surface area contributed by atoms with Crippen LogP contribution in [0.5, 0.6) is 5.75 Å². The highest BCUT2D eigenvalue weighted by Crippen LogP contribution is 2.15. The van der Waals surface area contributed by atoms with Crippen molar-refractivity contribution < 1.29 is 14.3 Å². The van der Waals surface area contributed by atoms with Crippen LogP contribution in [0, 0.1) is 11.3 Å². The molecule has 7 nitrogen and oxygen atoms in total. The Morgan fingerprint density at radius 1 is 1.36 bits per heavy atom. The maximum absolute atomic E-state index is 12.6. The molecule has 0 amide bonds. The minimum Gasteiger partial charge on any atom is -0.493 e. The van der Waals surface area contributed by atoms with E-state index in [1.54, 1.807) is 20.0 Å². The SMILES string of the molecule is CCOC(=O)/C(C#N)=c1\s/c(=C\Nc2ccc(OCCI)cc2)c(=O)n1CC. The molecule has 1 aromatic carbocycles. The van der Waals surface area contributed by atoms with E-state index in [-0.39, 0.29) is 17.7 Å². The number of benzene rings is 1. The Morgan fingerprint density at radius 3 is 2.64 bits per heavy atom. The van der Waals surface area contributed by atoms with Crippen molar-refractivity contribution in [3.63, 3.8) is 0 Å². The maximum Gasteiger partial charge on any atom is 0.351 e. The topological polar surface area (TPSA) is 93.4 Å². The fourth-order valence-corrected chi connectivity index (χ4v) is 3.63. The summed E-state index contributed by atoms with van der Waals surface area (Å²) in [5.74, 6) is 0.0479. The molecule has 0 saturated heterocycles. The van der Waals surface area contributed by atoms with Gasteiger partial charge in [-0.15, -0.1) is 11.3 Å². The Labute approximate surface area is 180 Å². The van der Waals surface area contributed by atoms with Crippen LogP contribution in [0.4, 0.5) is 5.69 Å². The van der Waals surface area contributed by atoms with E-state index in [0.29, 0.717) is 22.3 Å². The number of carbonyl (C=O) groups excluding carboxylic acids is 1. The lowest BCUT2D eigenvalue weighted by molar-refractivity contribution is -0.136. The summed E-state index contributed by atoms with van der Waals surface area (Å²) in [7, 11) is 0. The molecule has 0 bridgehead atoms. The molecule has 148 valence electrons. The number of thiazole rings is 1. The summed E-state index contributed by atoms with van der Waals surface area (Å²) in [5.41, 5.74) is 0.352. The van der Waals surface area contributed by atoms with Crippen LogP contribution < -0.4 is 24.8 Å². The molecule has 0 aliphatic rings. The van der Waals surface area contributed by atoms with Gasteiger partial charge in [0.05, 0.1) is 13.2 Å². The van der Waals surface area contributed by atoms with E-state index < -0.39 is 5.97 Å². The molecule has 0 fully saturated rings. The van der Waals surface area contributed by atoms with Crippen molar-refractivity contribution in [1.29, 1.82) is 5.26 Å². The van der Waals surface area contributed by atoms with Crippen LogP contribution >= 0.6 is 33.9 Å². The lowest BCUT2D eigenvalue weighted by atomic mass is 10.3. The molecule has 0 atom stereocenters. The largest absolute Gasteiger partial charge is 0.493 e. The van der Waals surface area contributed by atoms with E-state index in [2.05, 4.69) is 27.9 Å². The zero-order valence-corrected chi connectivity index (χ0v) is 18.5. The third-order valence-electron chi connectivity index (χ3n) is 3.60. The molecule has 0 radical (unpaired) electrons. The average Bonchev–Trinajstić information content (AvgIpc) is 3.01. The number of rotatable bonds is 8. The number of hydrogen-bond donors (Lipinski definition) is 1. The smallest absolute Gasteiger partial charge is 0.351 e. The Kier molecular flexibility index (Phi) is 8.53. The molecule has 2 aromatic rings. The highest BCUT2D eigenvalue weighted by Gasteiger charge is 2.16. The first-order valence-electron chi connectivity index (χ1n) is 8.62. The molecule has 2 rings (SSSR count). The van der Waals surface area contributed by atoms with Crippen LogP contribution in [0.15, 0.2) is 29.1 Å². The second kappa shape index (κ2) is 10.9. The van der Waals surface area contributed by atoms with Crippen LogP contribution in [0.3, 0.4) is 0 Å². The fourth-order valence-electron chi connectivity index (χ4n) is 2.33. The molecule has 0 spiro atoms. The van der Waals surface area contributed by atoms with Gasteiger partial charge in [-0.1, -0.05) is 22.6 Å². The van der Waals surface area contributed by atoms with Gasteiger partial charge in [0, 0.05) is 22.9 Å². The van der Waals surface area contributed by atoms with E-state index in [0.717, 1.165) is 27.2 Å². The third-order valence-corrected chi connectivity index (χ3v) is 5.17. The van der Waals surface area contributed by atoms with Crippen LogP contribution in [-0.4, -0.2) is 28.2 Å². The summed E-state index contributed by atoms with van der Waals surface area (Å²) >= 11 is 3.32. The zero-order valence-electron chi connectivity index (χ0n) is 15.5. The van der Waals surface area contributed by atoms with Crippen molar-refractivity contribution >= 4 is 57.4 Å². The second-order valence-electron chi connectivity index (χ2n) is 5.38. The summed E-state index contributed by atoms with van der Waals surface area (Å²) in [6, 6.07) is 9.23. The summed E-state index contributed by atoms with van der Waals surface area (Å²) < 4.78 is 13.4. The summed E-state index contributed by atoms with van der Waals surface area (Å²) in [5, 5.41) is 12.4. The lowest BCUT2D eigenvalue weighted by Crippen LogP contribution is -2.32. The van der Waals surface area contributed by atoms with Crippen molar-refractivity contribution in [2.45, 2.75) is 20.4 Å². The molecule has 0 saturated carbocycles. The number of anilines is 1. The minimum atomic E-state index is -0.727. The van der Waals surface area contributed by atoms with Gasteiger partial charge in [-0.2, -0.15) is 5.26 Å². The number of esters is 1. The number of nitrogens with zero attached hydrogens (tertiary/aromatic N) is 2. The molecule has 9 heteroatoms. The van der Waals surface area contributed by atoms with Gasteiger partial charge in [0.25, 0.3) is 5.56 Å². The molecule has 28 heavy (non-hydrogen) atoms. The highest BCUT2D eigenvalue weighted by molar-refractivity contribution is 14.1. The van der Waals surface area contributed by atoms with Crippen molar-refractivity contribution in [3.8, 4) is 11.8 Å². The van der Waals surface area contributed by atoms with Crippen LogP contribution in [0.1, 0.15) is 13.8 Å². The number of halogens is 1. The van der Waals surface area contributed by atoms with Gasteiger partial charge in [0.15, 0.2) is 5.57 Å². The minimum absolute atomic E-state index is 0.157. The molecule has 1 aromatic heterocycles. The van der Waals surface area contributed by atoms with E-state index in [1.165, 1.54) is 4.57 Å². The van der Waals surface area contributed by atoms with Gasteiger partial charge in [0.2, 0.25) is 0 Å². The van der Waals surface area contributed by atoms with Gasteiger partial charge in [0.1, 0.15) is 21.0 Å². The van der Waals surface area contributed by atoms with Crippen LogP contribution in [-0.2, 0) is 16.1 Å². The van der Waals surface area contributed by atoms with Crippen molar-refractivity contribution in [3.05, 3.63) is 43.8 Å². The summed E-state index contributed by atoms with van der Waals surface area (Å²) in [6.45, 7) is 4.58. The zero-order chi connectivity index (χ0) is 20.5. The normalized spacial score (nSPS) is 12.3. The number of aromatic nitrogens is 1. The Balaban J connectivity index is 2.39. The number of ether oxygens (including phenoxy) is 2. The number of nitrogens with one attached hydrogen (secondary N) is 1. The Morgan fingerprint density at radius 2 is 2.07 bits per heavy atom. The van der Waals surface area contributed by atoms with Crippen molar-refractivity contribution in [2.24, 2.45) is 0 Å². The number of alkyl halides is 1. The molecule has 0 aliphatic heterocycles. The van der Waals surface area contributed by atoms with Gasteiger partial charge in [-0.05, 0) is 38.1 Å². The predicted molar refractivity (Wildman–Crippen MR) is 118 cm³/mol. The summed E-state index contributed by atoms with van der Waals surface area (Å²) in [4.78, 5) is 24.6. The van der Waals surface area contributed by atoms with E-state index >= 15 is 0 Å². The molecule has 0 aliphatic carbocycles. The van der Waals surface area contributed by atoms with Gasteiger partial charge in [-0.25, -0.2) is 4.79 Å². The Hall–Kier alpha value is -2.32. The molecule has 0 unspecified atom stereocenters. The van der Waals surface area contributed by atoms with Crippen molar-refractivity contribution in [2.75, 3.05) is 23.0 Å². The third kappa shape index (κ3) is 5.36. The predicted octanol–water partition coefficient (Wildman–Crippen LogP) is 1.83. The maximum atomic E-state index is 12.6. The van der Waals surface area contributed by atoms with Gasteiger partial charge in [-0.3, -0.25) is 9.36 Å². The molecular formula is C19H20IN3O4S. The summed E-state index contributed by atoms with van der Waals surface area (Å²) in [6.07, 6.45) is 1.57. The number of hydrogen-bond acceptors (Lipinski definition) is 7. The first-order chi connectivity index (χ1) is 13.5. The van der Waals surface area contributed by atoms with Crippen molar-refractivity contribution in [1.82, 2.24) is 4.57 Å². The number of nitriles is 1. The molecule has 1 heterocycles.